The van der Waals surface area contributed by atoms with Crippen molar-refractivity contribution >= 4 is 26.8 Å². The molecule has 0 aliphatic rings. The van der Waals surface area contributed by atoms with Crippen LogP contribution in [-0.4, -0.2) is 17.2 Å². The molecule has 4 heteroatoms. The Balaban J connectivity index is 0.000000360. The van der Waals surface area contributed by atoms with Crippen molar-refractivity contribution < 1.29 is 9.90 Å². The maximum Gasteiger partial charge on any atom is 0.307 e. The molecule has 1 unspecified atom stereocenters. The molecule has 2 nitrogen and oxygen atoms in total. The molecular weight excluding hydrogens is 267 g/mol. The molecule has 1 aromatic carbocycles. The number of hydrogen-bond acceptors (Lipinski definition) is 1. The molecule has 0 aliphatic carbocycles. The Hall–Kier alpha value is -0.590. The second kappa shape index (κ2) is 11.5. The average Bonchev–Trinajstić information content (AvgIpc) is 2.33. The van der Waals surface area contributed by atoms with Crippen molar-refractivity contribution in [2.24, 2.45) is 0 Å². The highest BCUT2D eigenvalue weighted by Crippen LogP contribution is 2.14. The Morgan fingerprint density at radius 3 is 2.44 bits per heavy atom. The SMILES string of the molecule is CCCCCCP.O=C(O)Cc1ccccc1Cl. The summed E-state index contributed by atoms with van der Waals surface area (Å²) in [5.74, 6) is -0.863. The first kappa shape index (κ1) is 17.4. The Bertz CT molecular complexity index is 338. The van der Waals surface area contributed by atoms with E-state index in [0.29, 0.717) is 10.6 Å². The second-order valence-electron chi connectivity index (χ2n) is 4.01. The Labute approximate surface area is 117 Å². The van der Waals surface area contributed by atoms with E-state index in [-0.39, 0.29) is 6.42 Å². The number of rotatable bonds is 6. The minimum Gasteiger partial charge on any atom is -0.481 e. The number of unbranched alkanes of at least 4 members (excludes halogenated alkanes) is 3. The minimum atomic E-state index is -0.863. The van der Waals surface area contributed by atoms with Crippen LogP contribution in [0.25, 0.3) is 0 Å². The molecule has 18 heavy (non-hydrogen) atoms. The van der Waals surface area contributed by atoms with Crippen LogP contribution in [-0.2, 0) is 11.2 Å². The molecule has 0 saturated heterocycles. The van der Waals surface area contributed by atoms with Crippen LogP contribution in [0.4, 0.5) is 0 Å². The van der Waals surface area contributed by atoms with E-state index in [1.807, 2.05) is 0 Å². The largest absolute Gasteiger partial charge is 0.481 e. The molecule has 0 heterocycles. The van der Waals surface area contributed by atoms with Crippen LogP contribution in [0.15, 0.2) is 24.3 Å². The molecule has 0 radical (unpaired) electrons. The van der Waals surface area contributed by atoms with Crippen LogP contribution in [0, 0.1) is 0 Å². The van der Waals surface area contributed by atoms with E-state index in [2.05, 4.69) is 16.2 Å². The molecule has 102 valence electrons. The van der Waals surface area contributed by atoms with Gasteiger partial charge in [-0.05, 0) is 24.2 Å². The molecule has 0 spiro atoms. The highest BCUT2D eigenvalue weighted by molar-refractivity contribution is 7.16. The van der Waals surface area contributed by atoms with Crippen LogP contribution in [0.2, 0.25) is 5.02 Å². The molecule has 0 fully saturated rings. The fourth-order valence-corrected chi connectivity index (χ4v) is 1.87. The number of hydrogen-bond donors (Lipinski definition) is 1. The molecule has 0 aromatic heterocycles. The summed E-state index contributed by atoms with van der Waals surface area (Å²) < 4.78 is 0. The maximum absolute atomic E-state index is 10.3. The molecule has 1 aromatic rings. The lowest BCUT2D eigenvalue weighted by molar-refractivity contribution is -0.136. The zero-order chi connectivity index (χ0) is 13.8. The summed E-state index contributed by atoms with van der Waals surface area (Å²) in [7, 11) is 2.75. The van der Waals surface area contributed by atoms with Gasteiger partial charge in [0.25, 0.3) is 0 Å². The van der Waals surface area contributed by atoms with Gasteiger partial charge < -0.3 is 5.11 Å². The smallest absolute Gasteiger partial charge is 0.307 e. The third-order valence-corrected chi connectivity index (χ3v) is 3.13. The summed E-state index contributed by atoms with van der Waals surface area (Å²) >= 11 is 5.70. The lowest BCUT2D eigenvalue weighted by Crippen LogP contribution is -1.99. The fraction of sp³-hybridized carbons (Fsp3) is 0.500. The second-order valence-corrected chi connectivity index (χ2v) is 5.00. The number of benzene rings is 1. The van der Waals surface area contributed by atoms with Crippen molar-refractivity contribution in [3.8, 4) is 0 Å². The van der Waals surface area contributed by atoms with E-state index in [0.717, 1.165) is 0 Å². The van der Waals surface area contributed by atoms with Gasteiger partial charge in [-0.25, -0.2) is 0 Å². The van der Waals surface area contributed by atoms with Crippen LogP contribution in [0.1, 0.15) is 38.2 Å². The zero-order valence-electron chi connectivity index (χ0n) is 10.9. The predicted octanol–water partition coefficient (Wildman–Crippen LogP) is 4.41. The van der Waals surface area contributed by atoms with Crippen molar-refractivity contribution in [1.29, 1.82) is 0 Å². The molecule has 1 rings (SSSR count). The van der Waals surface area contributed by atoms with Gasteiger partial charge >= 0.3 is 5.97 Å². The van der Waals surface area contributed by atoms with E-state index in [4.69, 9.17) is 16.7 Å². The molecule has 0 bridgehead atoms. The standard InChI is InChI=1S/C8H7ClO2.C6H15P/c9-7-4-2-1-3-6(7)5-8(10)11;1-2-3-4-5-6-7/h1-4H,5H2,(H,10,11);2-7H2,1H3. The Morgan fingerprint density at radius 1 is 1.28 bits per heavy atom. The number of carbonyl (C=O) groups is 1. The third-order valence-electron chi connectivity index (χ3n) is 2.36. The quantitative estimate of drug-likeness (QED) is 0.622. The van der Waals surface area contributed by atoms with Gasteiger partial charge in [0, 0.05) is 5.02 Å². The summed E-state index contributed by atoms with van der Waals surface area (Å²) in [6.07, 6.45) is 6.83. The first-order valence-corrected chi connectivity index (χ1v) is 7.46. The lowest BCUT2D eigenvalue weighted by Gasteiger charge is -1.97. The van der Waals surface area contributed by atoms with Crippen LogP contribution in [0.3, 0.4) is 0 Å². The van der Waals surface area contributed by atoms with Crippen molar-refractivity contribution in [3.63, 3.8) is 0 Å². The van der Waals surface area contributed by atoms with Crippen LogP contribution in [0.5, 0.6) is 0 Å². The molecule has 1 atom stereocenters. The summed E-state index contributed by atoms with van der Waals surface area (Å²) in [6.45, 7) is 2.24. The predicted molar refractivity (Wildman–Crippen MR) is 81.5 cm³/mol. The van der Waals surface area contributed by atoms with Crippen molar-refractivity contribution in [2.75, 3.05) is 6.16 Å². The molecule has 1 N–H and O–H groups in total. The Morgan fingerprint density at radius 2 is 1.94 bits per heavy atom. The Kier molecular flexibility index (Phi) is 11.1. The van der Waals surface area contributed by atoms with E-state index in [1.165, 1.54) is 31.8 Å². The summed E-state index contributed by atoms with van der Waals surface area (Å²) in [5, 5.41) is 8.94. The number of aliphatic carboxylic acids is 1. The van der Waals surface area contributed by atoms with Gasteiger partial charge in [-0.2, -0.15) is 0 Å². The average molecular weight is 289 g/mol. The monoisotopic (exact) mass is 288 g/mol. The first-order valence-electron chi connectivity index (χ1n) is 6.27. The topological polar surface area (TPSA) is 37.3 Å². The summed E-state index contributed by atoms with van der Waals surface area (Å²) in [4.78, 5) is 10.3. The highest BCUT2D eigenvalue weighted by atomic mass is 35.5. The zero-order valence-corrected chi connectivity index (χ0v) is 12.8. The van der Waals surface area contributed by atoms with Crippen LogP contribution < -0.4 is 0 Å². The first-order chi connectivity index (χ1) is 8.61. The molecule has 0 amide bonds. The number of carboxylic acid groups (broad SMARTS) is 1. The lowest BCUT2D eigenvalue weighted by atomic mass is 10.1. The highest BCUT2D eigenvalue weighted by Gasteiger charge is 2.02. The van der Waals surface area contributed by atoms with Gasteiger partial charge in [-0.15, -0.1) is 9.24 Å². The molecule has 0 aliphatic heterocycles. The summed E-state index contributed by atoms with van der Waals surface area (Å²) in [5.41, 5.74) is 0.654. The van der Waals surface area contributed by atoms with Crippen molar-refractivity contribution in [3.05, 3.63) is 34.9 Å². The third kappa shape index (κ3) is 9.44. The van der Waals surface area contributed by atoms with E-state index in [1.54, 1.807) is 24.3 Å². The normalized spacial score (nSPS) is 9.50. The van der Waals surface area contributed by atoms with Gasteiger partial charge in [0.05, 0.1) is 6.42 Å². The fourth-order valence-electron chi connectivity index (χ4n) is 1.38. The van der Waals surface area contributed by atoms with Gasteiger partial charge in [-0.1, -0.05) is 56.0 Å². The maximum atomic E-state index is 10.3. The van der Waals surface area contributed by atoms with Gasteiger partial charge in [0.15, 0.2) is 0 Å². The van der Waals surface area contributed by atoms with Crippen molar-refractivity contribution in [1.82, 2.24) is 0 Å². The van der Waals surface area contributed by atoms with Gasteiger partial charge in [0.2, 0.25) is 0 Å². The minimum absolute atomic E-state index is 0.0142. The van der Waals surface area contributed by atoms with Gasteiger partial charge in [-0.3, -0.25) is 4.79 Å². The number of halogens is 1. The van der Waals surface area contributed by atoms with Crippen LogP contribution >= 0.6 is 20.8 Å². The summed E-state index contributed by atoms with van der Waals surface area (Å²) in [6, 6.07) is 6.92. The van der Waals surface area contributed by atoms with E-state index >= 15 is 0 Å². The molecule has 0 saturated carbocycles. The van der Waals surface area contributed by atoms with E-state index < -0.39 is 5.97 Å². The van der Waals surface area contributed by atoms with Gasteiger partial charge in [0.1, 0.15) is 0 Å². The molecular formula is C14H22ClO2P. The van der Waals surface area contributed by atoms with Crippen molar-refractivity contribution in [2.45, 2.75) is 39.0 Å². The van der Waals surface area contributed by atoms with E-state index in [9.17, 15) is 4.79 Å². The number of carboxylic acids is 1.